The first-order valence-electron chi connectivity index (χ1n) is 10.4. The standard InChI is InChI=1S/4C7H6OS.K.H/c4*8-7(9)6-4-2-1-3-5-6;;/h4*1-5H,(H,8,9);;. The molecular formula is C28H25KO4S4. The van der Waals surface area contributed by atoms with Crippen LogP contribution in [0.15, 0.2) is 121 Å². The van der Waals surface area contributed by atoms with Gasteiger partial charge in [-0.1, -0.05) is 121 Å². The van der Waals surface area contributed by atoms with Gasteiger partial charge in [-0.15, -0.1) is 0 Å². The molecule has 4 aromatic rings. The zero-order valence-electron chi connectivity index (χ0n) is 19.0. The van der Waals surface area contributed by atoms with Gasteiger partial charge in [-0.3, -0.25) is 0 Å². The molecule has 0 radical (unpaired) electrons. The molecule has 4 rings (SSSR count). The maximum absolute atomic E-state index is 8.76. The molecule has 37 heavy (non-hydrogen) atoms. The van der Waals surface area contributed by atoms with Crippen molar-refractivity contribution in [3.63, 3.8) is 0 Å². The van der Waals surface area contributed by atoms with Crippen molar-refractivity contribution in [2.24, 2.45) is 0 Å². The third-order valence-electron chi connectivity index (χ3n) is 4.08. The van der Waals surface area contributed by atoms with E-state index in [9.17, 15) is 0 Å². The van der Waals surface area contributed by atoms with E-state index in [1.54, 1.807) is 48.5 Å². The Morgan fingerprint density at radius 1 is 0.324 bits per heavy atom. The maximum atomic E-state index is 8.76. The van der Waals surface area contributed by atoms with Crippen LogP contribution in [0.3, 0.4) is 0 Å². The number of rotatable bonds is 4. The van der Waals surface area contributed by atoms with Crippen molar-refractivity contribution in [2.45, 2.75) is 0 Å². The van der Waals surface area contributed by atoms with Gasteiger partial charge in [-0.25, -0.2) is 0 Å². The van der Waals surface area contributed by atoms with E-state index in [0.29, 0.717) is 22.3 Å². The summed E-state index contributed by atoms with van der Waals surface area (Å²) in [5.74, 6) is 0. The van der Waals surface area contributed by atoms with Crippen molar-refractivity contribution in [3.05, 3.63) is 144 Å². The van der Waals surface area contributed by atoms with Gasteiger partial charge in [0.1, 0.15) is 0 Å². The third-order valence-corrected chi connectivity index (χ3v) is 5.03. The molecule has 0 unspecified atom stereocenters. The van der Waals surface area contributed by atoms with Crippen molar-refractivity contribution in [1.82, 2.24) is 0 Å². The molecule has 0 aliphatic carbocycles. The summed E-state index contributed by atoms with van der Waals surface area (Å²) in [5.41, 5.74) is 2.81. The van der Waals surface area contributed by atoms with E-state index >= 15 is 0 Å². The quantitative estimate of drug-likeness (QED) is 0.149. The molecule has 0 aromatic heterocycles. The van der Waals surface area contributed by atoms with Gasteiger partial charge in [-0.2, -0.15) is 0 Å². The summed E-state index contributed by atoms with van der Waals surface area (Å²) in [6, 6.07) is 36.3. The molecule has 4 N–H and O–H groups in total. The summed E-state index contributed by atoms with van der Waals surface area (Å²) in [6.45, 7) is 0. The first kappa shape index (κ1) is 35.1. The molecule has 0 atom stereocenters. The molecule has 0 aliphatic heterocycles. The SMILES string of the molecule is OC(=S)c1ccccc1.OC(=S)c1ccccc1.OC(=S)c1ccccc1.OC(=S)c1ccccc1.[KH]. The van der Waals surface area contributed by atoms with Crippen molar-refractivity contribution in [3.8, 4) is 0 Å². The molecule has 4 nitrogen and oxygen atoms in total. The van der Waals surface area contributed by atoms with Gasteiger partial charge in [0.15, 0.2) is 20.2 Å². The Kier molecular flexibility index (Phi) is 20.0. The molecule has 0 aliphatic rings. The second-order valence-electron chi connectivity index (χ2n) is 6.68. The number of aliphatic hydroxyl groups is 4. The topological polar surface area (TPSA) is 80.9 Å². The molecule has 0 spiro atoms. The van der Waals surface area contributed by atoms with Gasteiger partial charge in [0.25, 0.3) is 0 Å². The van der Waals surface area contributed by atoms with E-state index in [2.05, 4.69) is 48.9 Å². The molecule has 0 saturated heterocycles. The molecule has 0 fully saturated rings. The molecular weight excluding hydrogens is 568 g/mol. The first-order chi connectivity index (χ1) is 17.2. The number of thiocarbonyl (C=S) groups is 4. The van der Waals surface area contributed by atoms with E-state index in [0.717, 1.165) is 0 Å². The number of hydrogen-bond donors (Lipinski definition) is 4. The van der Waals surface area contributed by atoms with Gasteiger partial charge in [0.2, 0.25) is 0 Å². The number of aliphatic hydroxyl groups excluding tert-OH is 4. The Hall–Kier alpha value is -1.92. The average Bonchev–Trinajstić information content (AvgIpc) is 2.92. The van der Waals surface area contributed by atoms with E-state index in [1.807, 2.05) is 72.8 Å². The van der Waals surface area contributed by atoms with Crippen LogP contribution in [-0.2, 0) is 0 Å². The Morgan fingerprint density at radius 3 is 0.541 bits per heavy atom. The van der Waals surface area contributed by atoms with Crippen LogP contribution in [0.5, 0.6) is 0 Å². The molecule has 0 saturated carbocycles. The Bertz CT molecular complexity index is 1030. The fourth-order valence-corrected chi connectivity index (χ4v) is 2.87. The molecule has 9 heteroatoms. The minimum absolute atomic E-state index is 0. The van der Waals surface area contributed by atoms with Gasteiger partial charge >= 0.3 is 51.4 Å². The van der Waals surface area contributed by atoms with E-state index in [-0.39, 0.29) is 71.6 Å². The summed E-state index contributed by atoms with van der Waals surface area (Å²) in [7, 11) is 0. The van der Waals surface area contributed by atoms with Crippen LogP contribution < -0.4 is 0 Å². The predicted octanol–water partition coefficient (Wildman–Crippen LogP) is 7.03. The van der Waals surface area contributed by atoms with Crippen LogP contribution in [0.1, 0.15) is 22.3 Å². The zero-order chi connectivity index (χ0) is 26.8. The van der Waals surface area contributed by atoms with Crippen molar-refractivity contribution >= 4 is 120 Å². The van der Waals surface area contributed by atoms with E-state index in [4.69, 9.17) is 20.4 Å². The summed E-state index contributed by atoms with van der Waals surface area (Å²) in [6.07, 6.45) is 0. The molecule has 4 aromatic carbocycles. The minimum atomic E-state index is -0.0457. The monoisotopic (exact) mass is 592 g/mol. The van der Waals surface area contributed by atoms with Crippen LogP contribution in [0.4, 0.5) is 0 Å². The first-order valence-corrected chi connectivity index (χ1v) is 12.0. The van der Waals surface area contributed by atoms with Gasteiger partial charge in [-0.05, 0) is 48.9 Å². The fourth-order valence-electron chi connectivity index (χ4n) is 2.32. The Balaban J connectivity index is 0.000000463. The number of hydrogen-bond acceptors (Lipinski definition) is 4. The Morgan fingerprint density at radius 2 is 0.459 bits per heavy atom. The zero-order valence-corrected chi connectivity index (χ0v) is 22.2. The molecule has 0 heterocycles. The van der Waals surface area contributed by atoms with Crippen molar-refractivity contribution in [2.75, 3.05) is 0 Å². The van der Waals surface area contributed by atoms with Crippen molar-refractivity contribution < 1.29 is 20.4 Å². The van der Waals surface area contributed by atoms with Gasteiger partial charge in [0.05, 0.1) is 0 Å². The van der Waals surface area contributed by atoms with Crippen LogP contribution in [0.25, 0.3) is 0 Å². The molecule has 0 bridgehead atoms. The normalized spacial score (nSPS) is 8.65. The average molecular weight is 593 g/mol. The second-order valence-corrected chi connectivity index (χ2v) is 8.23. The molecule has 186 valence electrons. The van der Waals surface area contributed by atoms with Gasteiger partial charge in [0, 0.05) is 22.3 Å². The predicted molar refractivity (Wildman–Crippen MR) is 170 cm³/mol. The molecule has 0 amide bonds. The van der Waals surface area contributed by atoms with Crippen molar-refractivity contribution in [1.29, 1.82) is 0 Å². The van der Waals surface area contributed by atoms with Crippen LogP contribution in [0.2, 0.25) is 0 Å². The summed E-state index contributed by atoms with van der Waals surface area (Å²) < 4.78 is 0. The summed E-state index contributed by atoms with van der Waals surface area (Å²) in [4.78, 5) is 0. The summed E-state index contributed by atoms with van der Waals surface area (Å²) in [5, 5.41) is 34.8. The number of benzene rings is 4. The van der Waals surface area contributed by atoms with Crippen LogP contribution in [-0.4, -0.2) is 92.0 Å². The summed E-state index contributed by atoms with van der Waals surface area (Å²) >= 11 is 18.1. The van der Waals surface area contributed by atoms with Crippen LogP contribution >= 0.6 is 48.9 Å². The van der Waals surface area contributed by atoms with Gasteiger partial charge < -0.3 is 20.4 Å². The second kappa shape index (κ2) is 21.1. The van der Waals surface area contributed by atoms with E-state index < -0.39 is 0 Å². The van der Waals surface area contributed by atoms with Crippen LogP contribution in [0, 0.1) is 0 Å². The third kappa shape index (κ3) is 16.5. The Labute approximate surface area is 281 Å². The fraction of sp³-hybridized carbons (Fsp3) is 0. The van der Waals surface area contributed by atoms with E-state index in [1.165, 1.54) is 0 Å².